The molecule has 5 amide bonds. The number of amides is 5. The maximum absolute atomic E-state index is 14.4. The average molecular weight is 830 g/mol. The van der Waals surface area contributed by atoms with Gasteiger partial charge in [-0.1, -0.05) is 42.1 Å². The third kappa shape index (κ3) is 7.42. The first-order chi connectivity index (χ1) is 27.8. The van der Waals surface area contributed by atoms with Crippen molar-refractivity contribution in [2.75, 3.05) is 23.0 Å². The van der Waals surface area contributed by atoms with Crippen LogP contribution in [0, 0.1) is 0 Å². The van der Waals surface area contributed by atoms with Gasteiger partial charge in [0.25, 0.3) is 23.6 Å². The topological polar surface area (TPSA) is 280 Å². The second kappa shape index (κ2) is 16.4. The first-order valence-corrected chi connectivity index (χ1v) is 19.7. The fourth-order valence-electron chi connectivity index (χ4n) is 6.79. The summed E-state index contributed by atoms with van der Waals surface area (Å²) in [6, 6.07) is 10.1. The molecule has 58 heavy (non-hydrogen) atoms. The number of aliphatic hydroxyl groups excluding tert-OH is 1. The Bertz CT molecular complexity index is 2340. The summed E-state index contributed by atoms with van der Waals surface area (Å²) in [7, 11) is 1.62. The number of fused-ring (bicyclic) bond motifs is 1. The number of benzene rings is 2. The summed E-state index contributed by atoms with van der Waals surface area (Å²) in [5, 5.41) is 45.1. The molecule has 0 bridgehead atoms. The van der Waals surface area contributed by atoms with Crippen LogP contribution in [0.3, 0.4) is 0 Å². The number of nitrogens with two attached hydrogens (primary N) is 1. The van der Waals surface area contributed by atoms with Crippen molar-refractivity contribution in [3.05, 3.63) is 83.2 Å². The van der Waals surface area contributed by atoms with Crippen molar-refractivity contribution in [1.82, 2.24) is 45.3 Å². The maximum Gasteiger partial charge on any atom is 0.352 e. The van der Waals surface area contributed by atoms with E-state index in [1.807, 2.05) is 0 Å². The minimum Gasteiger partial charge on any atom is -0.493 e. The molecule has 0 radical (unpaired) electrons. The number of nitrogens with zero attached hydrogens (tertiary/aromatic N) is 9. The summed E-state index contributed by atoms with van der Waals surface area (Å²) in [4.78, 5) is 91.7. The number of aliphatic carboxylic acids is 1. The van der Waals surface area contributed by atoms with Crippen LogP contribution in [0.15, 0.2) is 77.2 Å². The Kier molecular flexibility index (Phi) is 11.4. The molecule has 22 heteroatoms. The standard InChI is InChI=1S/C36H35N11O9S2/c1-17(48)45(32(53)25-23(49)12-13-38-25)21-10-8-19(9-11-21)28-39-14-22(29(50)40-28)30(51)46(31(52)24(37)18-6-4-3-5-7-18)27-33(54)47-26(35(55)56)20(15-57-34(27)47)16-58-36-41-42-43-44(36)2/h3-11,14,23-25,27,34,38,49H,12-13,15-16,37H2,1-2H3,(H,55,56)(H,39,40,50)/t23?,24?,25-,27?,34-/m0/s1. The number of hydrogen-bond donors (Lipinski definition) is 5. The van der Waals surface area contributed by atoms with E-state index in [1.54, 1.807) is 37.4 Å². The molecule has 2 fully saturated rings. The van der Waals surface area contributed by atoms with Gasteiger partial charge >= 0.3 is 5.97 Å². The first kappa shape index (κ1) is 40.1. The summed E-state index contributed by atoms with van der Waals surface area (Å²) in [6.07, 6.45) is 0.383. The fourth-order valence-corrected chi connectivity index (χ4v) is 9.17. The molecule has 7 rings (SSSR count). The molecule has 5 heterocycles. The van der Waals surface area contributed by atoms with Crippen LogP contribution in [0.2, 0.25) is 0 Å². The highest BCUT2D eigenvalue weighted by Crippen LogP contribution is 2.44. The number of tetrazole rings is 1. The van der Waals surface area contributed by atoms with Gasteiger partial charge in [-0.25, -0.2) is 19.4 Å². The molecule has 0 spiro atoms. The zero-order chi connectivity index (χ0) is 41.4. The SMILES string of the molecule is CC(=O)N(C(=O)[C@H]1NCCC1O)c1ccc(-c2ncc(C(=O)N(C(=O)C(N)c3ccccc3)C3C(=O)N4C(C(=O)O)=C(CSc5nnnn5C)CS[C@@H]34)c(O)n2)cc1. The van der Waals surface area contributed by atoms with Gasteiger partial charge in [0, 0.05) is 37.2 Å². The zero-order valence-corrected chi connectivity index (χ0v) is 32.3. The maximum atomic E-state index is 14.4. The van der Waals surface area contributed by atoms with E-state index in [9.17, 15) is 44.1 Å². The Morgan fingerprint density at radius 2 is 1.83 bits per heavy atom. The molecular weight excluding hydrogens is 795 g/mol. The number of rotatable bonds is 11. The second-order valence-corrected chi connectivity index (χ2v) is 15.4. The lowest BCUT2D eigenvalue weighted by atomic mass is 9.98. The molecule has 2 aromatic heterocycles. The number of carbonyl (C=O) groups is 6. The van der Waals surface area contributed by atoms with Gasteiger partial charge in [0.1, 0.15) is 34.8 Å². The van der Waals surface area contributed by atoms with Crippen LogP contribution in [0.4, 0.5) is 5.69 Å². The molecular formula is C36H35N11O9S2. The summed E-state index contributed by atoms with van der Waals surface area (Å²) >= 11 is 2.32. The summed E-state index contributed by atoms with van der Waals surface area (Å²) in [5.74, 6) is -6.21. The number of carboxylic acids is 1. The summed E-state index contributed by atoms with van der Waals surface area (Å²) < 4.78 is 1.41. The molecule has 4 aromatic rings. The average Bonchev–Trinajstić information content (AvgIpc) is 3.84. The molecule has 2 aromatic carbocycles. The van der Waals surface area contributed by atoms with Crippen LogP contribution in [-0.4, -0.2) is 132 Å². The number of anilines is 1. The van der Waals surface area contributed by atoms with E-state index in [1.165, 1.54) is 47.6 Å². The summed E-state index contributed by atoms with van der Waals surface area (Å²) in [6.45, 7) is 1.63. The number of aromatic nitrogens is 6. The van der Waals surface area contributed by atoms with Crippen molar-refractivity contribution in [2.45, 2.75) is 48.1 Å². The van der Waals surface area contributed by atoms with Gasteiger partial charge in [-0.05, 0) is 58.8 Å². The highest BCUT2D eigenvalue weighted by atomic mass is 32.2. The van der Waals surface area contributed by atoms with Crippen LogP contribution in [0.5, 0.6) is 5.88 Å². The number of hydrogen-bond acceptors (Lipinski definition) is 17. The highest BCUT2D eigenvalue weighted by molar-refractivity contribution is 8.01. The van der Waals surface area contributed by atoms with E-state index in [0.29, 0.717) is 39.7 Å². The van der Waals surface area contributed by atoms with E-state index in [4.69, 9.17) is 5.73 Å². The molecule has 20 nitrogen and oxygen atoms in total. The Hall–Kier alpha value is -6.07. The van der Waals surface area contributed by atoms with Crippen LogP contribution >= 0.6 is 23.5 Å². The minimum absolute atomic E-state index is 0.0690. The van der Waals surface area contributed by atoms with E-state index >= 15 is 0 Å². The van der Waals surface area contributed by atoms with Crippen LogP contribution in [0.25, 0.3) is 11.4 Å². The van der Waals surface area contributed by atoms with Gasteiger partial charge in [0.2, 0.25) is 16.9 Å². The third-order valence-corrected chi connectivity index (χ3v) is 12.1. The quantitative estimate of drug-likeness (QED) is 0.0987. The first-order valence-electron chi connectivity index (χ1n) is 17.6. The number of β-lactam (4-membered cyclic amide) rings is 1. The van der Waals surface area contributed by atoms with E-state index in [-0.39, 0.29) is 28.7 Å². The number of nitrogens with one attached hydrogen (secondary N) is 1. The predicted molar refractivity (Wildman–Crippen MR) is 205 cm³/mol. The number of aryl methyl sites for hydroxylation is 1. The number of aliphatic hydroxyl groups is 1. The molecule has 0 saturated carbocycles. The molecule has 5 atom stereocenters. The lowest BCUT2D eigenvalue weighted by Crippen LogP contribution is -2.72. The van der Waals surface area contributed by atoms with Gasteiger partial charge in [0.05, 0.1) is 11.8 Å². The van der Waals surface area contributed by atoms with Crippen molar-refractivity contribution in [3.63, 3.8) is 0 Å². The van der Waals surface area contributed by atoms with Crippen LogP contribution < -0.4 is 16.0 Å². The van der Waals surface area contributed by atoms with Crippen molar-refractivity contribution in [2.24, 2.45) is 12.8 Å². The minimum atomic E-state index is -1.51. The van der Waals surface area contributed by atoms with E-state index in [0.717, 1.165) is 27.8 Å². The predicted octanol–water partition coefficient (Wildman–Crippen LogP) is 0.0585. The monoisotopic (exact) mass is 829 g/mol. The number of aromatic hydroxyl groups is 1. The Labute approximate surface area is 337 Å². The molecule has 6 N–H and O–H groups in total. The molecule has 300 valence electrons. The van der Waals surface area contributed by atoms with Gasteiger partial charge in [-0.3, -0.25) is 33.8 Å². The van der Waals surface area contributed by atoms with Crippen LogP contribution in [-0.2, 0) is 31.0 Å². The van der Waals surface area contributed by atoms with Crippen molar-refractivity contribution in [3.8, 4) is 17.3 Å². The van der Waals surface area contributed by atoms with Gasteiger partial charge in [-0.15, -0.1) is 16.9 Å². The molecule has 3 aliphatic rings. The largest absolute Gasteiger partial charge is 0.493 e. The molecule has 3 aliphatic heterocycles. The fraction of sp³-hybridized carbons (Fsp3) is 0.306. The lowest BCUT2D eigenvalue weighted by Gasteiger charge is -2.52. The van der Waals surface area contributed by atoms with Crippen LogP contribution in [0.1, 0.15) is 35.3 Å². The molecule has 2 saturated heterocycles. The van der Waals surface area contributed by atoms with Gasteiger partial charge in [-0.2, -0.15) is 4.98 Å². The smallest absolute Gasteiger partial charge is 0.352 e. The van der Waals surface area contributed by atoms with Gasteiger partial charge < -0.3 is 26.4 Å². The van der Waals surface area contributed by atoms with Crippen molar-refractivity contribution in [1.29, 1.82) is 0 Å². The lowest BCUT2D eigenvalue weighted by molar-refractivity contribution is -0.157. The Balaban J connectivity index is 1.17. The number of carbonyl (C=O) groups excluding carboxylic acids is 5. The van der Waals surface area contributed by atoms with E-state index in [2.05, 4.69) is 30.8 Å². The second-order valence-electron chi connectivity index (χ2n) is 13.3. The highest BCUT2D eigenvalue weighted by Gasteiger charge is 2.59. The normalized spacial score (nSPS) is 20.6. The van der Waals surface area contributed by atoms with Crippen molar-refractivity contribution < 1.29 is 44.1 Å². The van der Waals surface area contributed by atoms with E-state index < -0.39 is 76.6 Å². The number of thioether (sulfide) groups is 2. The Morgan fingerprint density at radius 1 is 1.10 bits per heavy atom. The number of imide groups is 2. The number of carboxylic acid groups (broad SMARTS) is 1. The summed E-state index contributed by atoms with van der Waals surface area (Å²) in [5.41, 5.74) is 6.80. The third-order valence-electron chi connectivity index (χ3n) is 9.71. The van der Waals surface area contributed by atoms with Gasteiger partial charge in [0.15, 0.2) is 5.82 Å². The zero-order valence-electron chi connectivity index (χ0n) is 30.7. The molecule has 3 unspecified atom stereocenters. The molecule has 0 aliphatic carbocycles. The Morgan fingerprint density at radius 3 is 2.43 bits per heavy atom. The van der Waals surface area contributed by atoms with Crippen molar-refractivity contribution >= 4 is 64.7 Å².